The average Bonchev–Trinajstić information content (AvgIpc) is 2.88. The van der Waals surface area contributed by atoms with Crippen LogP contribution in [-0.4, -0.2) is 19.6 Å². The maximum Gasteiger partial charge on any atom is 0.146 e. The Morgan fingerprint density at radius 1 is 1.27 bits per heavy atom. The van der Waals surface area contributed by atoms with Crippen LogP contribution in [0.3, 0.4) is 0 Å². The summed E-state index contributed by atoms with van der Waals surface area (Å²) in [6.45, 7) is 0. The lowest BCUT2D eigenvalue weighted by Gasteiger charge is -1.97. The van der Waals surface area contributed by atoms with Gasteiger partial charge in [-0.2, -0.15) is 9.47 Å². The van der Waals surface area contributed by atoms with Crippen molar-refractivity contribution in [2.45, 2.75) is 0 Å². The van der Waals surface area contributed by atoms with E-state index >= 15 is 0 Å². The molecule has 0 atom stereocenters. The molecule has 3 heterocycles. The SMILES string of the molecule is Nc1nsc2c(-c3cn[nH]c3)cncc12. The van der Waals surface area contributed by atoms with Crippen LogP contribution in [0, 0.1) is 0 Å². The van der Waals surface area contributed by atoms with E-state index in [9.17, 15) is 0 Å². The van der Waals surface area contributed by atoms with Crippen molar-refractivity contribution in [2.24, 2.45) is 0 Å². The highest BCUT2D eigenvalue weighted by Crippen LogP contribution is 2.32. The standard InChI is InChI=1S/C9H7N5S/c10-9-7-4-11-3-6(8(7)15-14-9)5-1-12-13-2-5/h1-4H,(H2,10,14)(H,12,13). The van der Waals surface area contributed by atoms with Crippen molar-refractivity contribution in [2.75, 3.05) is 5.73 Å². The van der Waals surface area contributed by atoms with Gasteiger partial charge in [0, 0.05) is 29.7 Å². The summed E-state index contributed by atoms with van der Waals surface area (Å²) >= 11 is 1.38. The molecular formula is C9H7N5S. The molecule has 0 aromatic carbocycles. The molecule has 6 heteroatoms. The molecule has 0 spiro atoms. The average molecular weight is 217 g/mol. The molecule has 0 saturated carbocycles. The fourth-order valence-corrected chi connectivity index (χ4v) is 2.29. The number of hydrogen-bond acceptors (Lipinski definition) is 5. The van der Waals surface area contributed by atoms with Crippen LogP contribution in [0.5, 0.6) is 0 Å². The van der Waals surface area contributed by atoms with Crippen LogP contribution in [0.4, 0.5) is 5.82 Å². The Morgan fingerprint density at radius 3 is 3.00 bits per heavy atom. The van der Waals surface area contributed by atoms with E-state index in [-0.39, 0.29) is 0 Å². The van der Waals surface area contributed by atoms with E-state index in [1.807, 2.05) is 6.20 Å². The van der Waals surface area contributed by atoms with Crippen molar-refractivity contribution in [3.05, 3.63) is 24.8 Å². The monoisotopic (exact) mass is 217 g/mol. The summed E-state index contributed by atoms with van der Waals surface area (Å²) in [5.41, 5.74) is 7.74. The second kappa shape index (κ2) is 3.03. The fourth-order valence-electron chi connectivity index (χ4n) is 1.48. The molecule has 0 aliphatic carbocycles. The van der Waals surface area contributed by atoms with Gasteiger partial charge in [-0.05, 0) is 11.5 Å². The van der Waals surface area contributed by atoms with Crippen molar-refractivity contribution < 1.29 is 0 Å². The molecule has 15 heavy (non-hydrogen) atoms. The number of hydrogen-bond donors (Lipinski definition) is 2. The summed E-state index contributed by atoms with van der Waals surface area (Å²) in [6, 6.07) is 0. The van der Waals surface area contributed by atoms with Gasteiger partial charge in [0.05, 0.1) is 16.3 Å². The fraction of sp³-hybridized carbons (Fsp3) is 0. The largest absolute Gasteiger partial charge is 0.382 e. The molecule has 3 aromatic heterocycles. The van der Waals surface area contributed by atoms with Crippen LogP contribution >= 0.6 is 11.5 Å². The van der Waals surface area contributed by atoms with Gasteiger partial charge in [0.25, 0.3) is 0 Å². The minimum atomic E-state index is 0.535. The zero-order valence-electron chi connectivity index (χ0n) is 7.64. The van der Waals surface area contributed by atoms with E-state index < -0.39 is 0 Å². The Hall–Kier alpha value is -1.95. The van der Waals surface area contributed by atoms with Crippen molar-refractivity contribution >= 4 is 27.4 Å². The molecular weight excluding hydrogens is 210 g/mol. The lowest BCUT2D eigenvalue weighted by molar-refractivity contribution is 1.09. The van der Waals surface area contributed by atoms with E-state index in [1.165, 1.54) is 11.5 Å². The molecule has 0 unspecified atom stereocenters. The predicted octanol–water partition coefficient (Wildman–Crippen LogP) is 1.66. The molecule has 0 aliphatic heterocycles. The zero-order valence-corrected chi connectivity index (χ0v) is 8.45. The van der Waals surface area contributed by atoms with E-state index in [4.69, 9.17) is 5.73 Å². The van der Waals surface area contributed by atoms with Gasteiger partial charge in [-0.25, -0.2) is 0 Å². The number of nitrogens with zero attached hydrogens (tertiary/aromatic N) is 3. The molecule has 3 aromatic rings. The lowest BCUT2D eigenvalue weighted by Crippen LogP contribution is -1.84. The third-order valence-corrected chi connectivity index (χ3v) is 3.13. The summed E-state index contributed by atoms with van der Waals surface area (Å²) in [4.78, 5) is 4.15. The maximum absolute atomic E-state index is 5.73. The van der Waals surface area contributed by atoms with Crippen LogP contribution in [0.25, 0.3) is 21.2 Å². The summed E-state index contributed by atoms with van der Waals surface area (Å²) in [7, 11) is 0. The molecule has 0 bridgehead atoms. The third kappa shape index (κ3) is 1.18. The second-order valence-corrected chi connectivity index (χ2v) is 3.89. The van der Waals surface area contributed by atoms with Crippen LogP contribution in [0.1, 0.15) is 0 Å². The first kappa shape index (κ1) is 8.37. The molecule has 0 saturated heterocycles. The van der Waals surface area contributed by atoms with Crippen LogP contribution in [0.2, 0.25) is 0 Å². The summed E-state index contributed by atoms with van der Waals surface area (Å²) in [6.07, 6.45) is 7.11. The van der Waals surface area contributed by atoms with Gasteiger partial charge in [0.15, 0.2) is 0 Å². The van der Waals surface area contributed by atoms with Crippen molar-refractivity contribution in [1.82, 2.24) is 19.6 Å². The Kier molecular flexibility index (Phi) is 1.69. The van der Waals surface area contributed by atoms with Crippen molar-refractivity contribution in [3.8, 4) is 11.1 Å². The summed E-state index contributed by atoms with van der Waals surface area (Å²) in [5, 5.41) is 7.59. The number of H-pyrrole nitrogens is 1. The smallest absolute Gasteiger partial charge is 0.146 e. The third-order valence-electron chi connectivity index (χ3n) is 2.22. The number of rotatable bonds is 1. The summed E-state index contributed by atoms with van der Waals surface area (Å²) < 4.78 is 5.16. The van der Waals surface area contributed by atoms with Gasteiger partial charge in [0.2, 0.25) is 0 Å². The Bertz CT molecular complexity index is 598. The van der Waals surface area contributed by atoms with Gasteiger partial charge in [-0.3, -0.25) is 10.1 Å². The minimum absolute atomic E-state index is 0.535. The quantitative estimate of drug-likeness (QED) is 0.649. The van der Waals surface area contributed by atoms with Gasteiger partial charge in [-0.1, -0.05) is 0 Å². The lowest BCUT2D eigenvalue weighted by atomic mass is 10.1. The van der Waals surface area contributed by atoms with Gasteiger partial charge in [-0.15, -0.1) is 0 Å². The molecule has 3 N–H and O–H groups in total. The molecule has 3 rings (SSSR count). The number of nitrogens with one attached hydrogen (secondary N) is 1. The maximum atomic E-state index is 5.73. The topological polar surface area (TPSA) is 80.5 Å². The number of pyridine rings is 1. The Morgan fingerprint density at radius 2 is 2.20 bits per heavy atom. The van der Waals surface area contributed by atoms with E-state index in [2.05, 4.69) is 19.6 Å². The Labute approximate surface area is 89.1 Å². The second-order valence-electron chi connectivity index (χ2n) is 3.12. The summed E-state index contributed by atoms with van der Waals surface area (Å²) in [5.74, 6) is 0.535. The van der Waals surface area contributed by atoms with Gasteiger partial charge < -0.3 is 5.73 Å². The van der Waals surface area contributed by atoms with Crippen molar-refractivity contribution in [3.63, 3.8) is 0 Å². The molecule has 0 radical (unpaired) electrons. The number of nitrogen functional groups attached to an aromatic ring is 1. The van der Waals surface area contributed by atoms with Crippen molar-refractivity contribution in [1.29, 1.82) is 0 Å². The zero-order chi connectivity index (χ0) is 10.3. The first-order valence-electron chi connectivity index (χ1n) is 4.34. The highest BCUT2D eigenvalue weighted by molar-refractivity contribution is 7.14. The van der Waals surface area contributed by atoms with Gasteiger partial charge in [0.1, 0.15) is 5.82 Å². The molecule has 0 fully saturated rings. The first-order chi connectivity index (χ1) is 7.36. The number of aromatic nitrogens is 4. The van der Waals surface area contributed by atoms with Crippen LogP contribution in [-0.2, 0) is 0 Å². The highest BCUT2D eigenvalue weighted by Gasteiger charge is 2.10. The molecule has 74 valence electrons. The number of aromatic amines is 1. The van der Waals surface area contributed by atoms with E-state index in [1.54, 1.807) is 18.6 Å². The molecule has 0 aliphatic rings. The van der Waals surface area contributed by atoms with E-state index in [0.29, 0.717) is 5.82 Å². The minimum Gasteiger partial charge on any atom is -0.382 e. The number of anilines is 1. The molecule has 0 amide bonds. The van der Waals surface area contributed by atoms with E-state index in [0.717, 1.165) is 21.2 Å². The van der Waals surface area contributed by atoms with Crippen LogP contribution < -0.4 is 5.73 Å². The van der Waals surface area contributed by atoms with Gasteiger partial charge >= 0.3 is 0 Å². The Balaban J connectivity index is 2.36. The number of fused-ring (bicyclic) bond motifs is 1. The molecule has 5 nitrogen and oxygen atoms in total. The first-order valence-corrected chi connectivity index (χ1v) is 5.11. The predicted molar refractivity (Wildman–Crippen MR) is 59.4 cm³/mol. The van der Waals surface area contributed by atoms with Crippen LogP contribution in [0.15, 0.2) is 24.8 Å². The highest BCUT2D eigenvalue weighted by atomic mass is 32.1. The number of nitrogens with two attached hydrogens (primary N) is 1. The normalized spacial score (nSPS) is 10.9.